The summed E-state index contributed by atoms with van der Waals surface area (Å²) in [6, 6.07) is 11.9. The summed E-state index contributed by atoms with van der Waals surface area (Å²) < 4.78 is 15.3. The van der Waals surface area contributed by atoms with Gasteiger partial charge in [0.1, 0.15) is 17.9 Å². The first-order chi connectivity index (χ1) is 13.2. The van der Waals surface area contributed by atoms with E-state index in [1.807, 2.05) is 22.9 Å². The van der Waals surface area contributed by atoms with E-state index < -0.39 is 0 Å². The Morgan fingerprint density at radius 3 is 2.56 bits per heavy atom. The van der Waals surface area contributed by atoms with Crippen molar-refractivity contribution in [3.8, 4) is 28.5 Å². The van der Waals surface area contributed by atoms with Crippen LogP contribution in [0, 0.1) is 17.1 Å². The first-order valence-electron chi connectivity index (χ1n) is 8.58. The van der Waals surface area contributed by atoms with Gasteiger partial charge in [-0.05, 0) is 42.0 Å². The van der Waals surface area contributed by atoms with Crippen molar-refractivity contribution in [1.29, 1.82) is 5.26 Å². The Morgan fingerprint density at radius 1 is 1.11 bits per heavy atom. The highest BCUT2D eigenvalue weighted by atomic mass is 19.1. The third kappa shape index (κ3) is 3.17. The zero-order chi connectivity index (χ0) is 18.8. The molecule has 3 heterocycles. The van der Waals surface area contributed by atoms with E-state index in [9.17, 15) is 9.18 Å². The topological polar surface area (TPSA) is 74.8 Å². The number of aromatic nitrogens is 3. The van der Waals surface area contributed by atoms with Gasteiger partial charge in [0.15, 0.2) is 0 Å². The second-order valence-electron chi connectivity index (χ2n) is 6.29. The number of halogens is 1. The normalized spacial score (nSPS) is 13.1. The average Bonchev–Trinajstić information content (AvgIpc) is 3.08. The maximum absolute atomic E-state index is 13.4. The lowest BCUT2D eigenvalue weighted by molar-refractivity contribution is -0.131. The van der Waals surface area contributed by atoms with Crippen LogP contribution in [0.25, 0.3) is 22.4 Å². The molecule has 3 aromatic rings. The van der Waals surface area contributed by atoms with E-state index in [1.54, 1.807) is 29.4 Å². The second kappa shape index (κ2) is 7.00. The lowest BCUT2D eigenvalue weighted by Gasteiger charge is -2.27. The third-order valence-corrected chi connectivity index (χ3v) is 4.65. The molecule has 6 nitrogen and oxygen atoms in total. The van der Waals surface area contributed by atoms with Gasteiger partial charge in [-0.3, -0.25) is 14.5 Å². The van der Waals surface area contributed by atoms with Crippen molar-refractivity contribution in [3.05, 3.63) is 60.3 Å². The molecule has 1 aromatic carbocycles. The summed E-state index contributed by atoms with van der Waals surface area (Å²) in [7, 11) is 0. The highest BCUT2D eigenvalue weighted by Crippen LogP contribution is 2.36. The number of pyridine rings is 1. The first-order valence-corrected chi connectivity index (χ1v) is 8.58. The van der Waals surface area contributed by atoms with Gasteiger partial charge in [0, 0.05) is 30.1 Å². The van der Waals surface area contributed by atoms with Gasteiger partial charge in [-0.25, -0.2) is 4.39 Å². The molecule has 0 fully saturated rings. The van der Waals surface area contributed by atoms with Crippen LogP contribution < -0.4 is 0 Å². The van der Waals surface area contributed by atoms with E-state index >= 15 is 0 Å². The van der Waals surface area contributed by atoms with Crippen molar-refractivity contribution in [2.45, 2.75) is 19.5 Å². The minimum absolute atomic E-state index is 0.135. The molecule has 2 aromatic heterocycles. The van der Waals surface area contributed by atoms with Crippen LogP contribution in [0.15, 0.2) is 48.8 Å². The Balaban J connectivity index is 1.84. The van der Waals surface area contributed by atoms with E-state index in [0.29, 0.717) is 19.6 Å². The molecule has 27 heavy (non-hydrogen) atoms. The van der Waals surface area contributed by atoms with Crippen LogP contribution in [0.1, 0.15) is 12.1 Å². The molecule has 1 amide bonds. The summed E-state index contributed by atoms with van der Waals surface area (Å²) in [4.78, 5) is 17.9. The molecule has 0 N–H and O–H groups in total. The molecule has 0 radical (unpaired) electrons. The zero-order valence-corrected chi connectivity index (χ0v) is 14.5. The zero-order valence-electron chi connectivity index (χ0n) is 14.5. The molecule has 1 aliphatic rings. The van der Waals surface area contributed by atoms with E-state index in [2.05, 4.69) is 4.98 Å². The summed E-state index contributed by atoms with van der Waals surface area (Å²) in [5.74, 6) is -0.490. The second-order valence-corrected chi connectivity index (χ2v) is 6.29. The lowest BCUT2D eigenvalue weighted by atomic mass is 9.99. The van der Waals surface area contributed by atoms with Gasteiger partial charge in [-0.1, -0.05) is 0 Å². The van der Waals surface area contributed by atoms with Crippen molar-refractivity contribution in [1.82, 2.24) is 19.7 Å². The summed E-state index contributed by atoms with van der Waals surface area (Å²) in [5.41, 5.74) is 4.28. The molecule has 1 aliphatic heterocycles. The van der Waals surface area contributed by atoms with Crippen LogP contribution in [-0.4, -0.2) is 32.1 Å². The van der Waals surface area contributed by atoms with E-state index in [1.165, 1.54) is 12.1 Å². The fraction of sp³-hybridized carbons (Fsp3) is 0.200. The van der Waals surface area contributed by atoms with Gasteiger partial charge in [0.2, 0.25) is 5.91 Å². The number of fused-ring (bicyclic) bond motifs is 1. The summed E-state index contributed by atoms with van der Waals surface area (Å²) in [6.45, 7) is 1.44. The van der Waals surface area contributed by atoms with Gasteiger partial charge in [0.05, 0.1) is 24.9 Å². The quantitative estimate of drug-likeness (QED) is 0.719. The Morgan fingerprint density at radius 2 is 1.85 bits per heavy atom. The number of carbonyl (C=O) groups is 1. The summed E-state index contributed by atoms with van der Waals surface area (Å²) in [6.07, 6.45) is 3.27. The molecule has 134 valence electrons. The van der Waals surface area contributed by atoms with Crippen LogP contribution in [0.2, 0.25) is 0 Å². The van der Waals surface area contributed by atoms with Crippen LogP contribution in [0.4, 0.5) is 4.39 Å². The van der Waals surface area contributed by atoms with Crippen LogP contribution in [0.3, 0.4) is 0 Å². The van der Waals surface area contributed by atoms with Crippen molar-refractivity contribution >= 4 is 5.91 Å². The molecule has 0 saturated carbocycles. The maximum Gasteiger partial charge on any atom is 0.237 e. The van der Waals surface area contributed by atoms with E-state index in [-0.39, 0.29) is 18.1 Å². The van der Waals surface area contributed by atoms with Crippen LogP contribution >= 0.6 is 0 Å². The monoisotopic (exact) mass is 361 g/mol. The standard InChI is InChI=1S/C20H16FN5O/c21-16-3-1-15(2-4-16)20-19(14-6-9-23-10-7-14)17-13-25(18(27)5-8-22)11-12-26(17)24-20/h1-4,6-7,9-10H,5,11-13H2. The van der Waals surface area contributed by atoms with Crippen molar-refractivity contribution in [2.24, 2.45) is 0 Å². The molecule has 0 saturated heterocycles. The number of nitriles is 1. The van der Waals surface area contributed by atoms with Crippen LogP contribution in [-0.2, 0) is 17.9 Å². The molecule has 4 rings (SSSR count). The number of carbonyl (C=O) groups excluding carboxylic acids is 1. The maximum atomic E-state index is 13.4. The van der Waals surface area contributed by atoms with E-state index in [0.717, 1.165) is 28.1 Å². The number of nitrogens with zero attached hydrogens (tertiary/aromatic N) is 5. The molecular formula is C20H16FN5O. The van der Waals surface area contributed by atoms with Crippen molar-refractivity contribution < 1.29 is 9.18 Å². The Bertz CT molecular complexity index is 1020. The smallest absolute Gasteiger partial charge is 0.237 e. The van der Waals surface area contributed by atoms with Gasteiger partial charge in [-0.15, -0.1) is 0 Å². The minimum Gasteiger partial charge on any atom is -0.334 e. The number of amides is 1. The molecular weight excluding hydrogens is 345 g/mol. The molecule has 0 bridgehead atoms. The first kappa shape index (κ1) is 16.9. The Labute approximate surface area is 155 Å². The number of hydrogen-bond acceptors (Lipinski definition) is 4. The average molecular weight is 361 g/mol. The molecule has 0 unspecified atom stereocenters. The lowest BCUT2D eigenvalue weighted by Crippen LogP contribution is -2.38. The minimum atomic E-state index is -0.304. The highest BCUT2D eigenvalue weighted by molar-refractivity contribution is 5.84. The molecule has 0 spiro atoms. The number of hydrogen-bond donors (Lipinski definition) is 0. The van der Waals surface area contributed by atoms with Crippen molar-refractivity contribution in [2.75, 3.05) is 6.54 Å². The third-order valence-electron chi connectivity index (χ3n) is 4.65. The predicted molar refractivity (Wildman–Crippen MR) is 96.5 cm³/mol. The molecule has 0 aliphatic carbocycles. The summed E-state index contributed by atoms with van der Waals surface area (Å²) >= 11 is 0. The highest BCUT2D eigenvalue weighted by Gasteiger charge is 2.27. The van der Waals surface area contributed by atoms with Gasteiger partial charge in [0.25, 0.3) is 0 Å². The molecule has 0 atom stereocenters. The van der Waals surface area contributed by atoms with Gasteiger partial charge in [-0.2, -0.15) is 10.4 Å². The molecule has 7 heteroatoms. The number of benzene rings is 1. The van der Waals surface area contributed by atoms with Crippen molar-refractivity contribution in [3.63, 3.8) is 0 Å². The fourth-order valence-corrected chi connectivity index (χ4v) is 3.34. The predicted octanol–water partition coefficient (Wildman–Crippen LogP) is 3.01. The van der Waals surface area contributed by atoms with Crippen LogP contribution in [0.5, 0.6) is 0 Å². The Kier molecular flexibility index (Phi) is 4.38. The summed E-state index contributed by atoms with van der Waals surface area (Å²) in [5, 5.41) is 13.6. The number of rotatable bonds is 3. The van der Waals surface area contributed by atoms with Gasteiger partial charge >= 0.3 is 0 Å². The Hall–Kier alpha value is -3.53. The fourth-order valence-electron chi connectivity index (χ4n) is 3.34. The largest absolute Gasteiger partial charge is 0.334 e. The van der Waals surface area contributed by atoms with E-state index in [4.69, 9.17) is 10.4 Å². The van der Waals surface area contributed by atoms with Gasteiger partial charge < -0.3 is 4.90 Å². The SMILES string of the molecule is N#CCC(=O)N1CCn2nc(-c3ccc(F)cc3)c(-c3ccncc3)c2C1.